The van der Waals surface area contributed by atoms with Crippen molar-refractivity contribution in [1.82, 2.24) is 30.2 Å². The van der Waals surface area contributed by atoms with E-state index in [9.17, 15) is 47.9 Å². The molecule has 2 N–H and O–H groups in total. The molecule has 8 rings (SSSR count). The number of hydrogen-bond acceptors (Lipinski definition) is 12. The maximum atomic E-state index is 14.2. The molecule has 8 atom stereocenters. The predicted molar refractivity (Wildman–Crippen MR) is 410 cm³/mol. The number of likely N-dealkylation sites (tertiary alicyclic amines) is 4. The Balaban J connectivity index is 0.000000288. The van der Waals surface area contributed by atoms with Gasteiger partial charge < -0.3 is 20.4 Å². The summed E-state index contributed by atoms with van der Waals surface area (Å²) < 4.78 is 0. The van der Waals surface area contributed by atoms with Gasteiger partial charge in [0.25, 0.3) is 0 Å². The van der Waals surface area contributed by atoms with Crippen LogP contribution in [0.15, 0.2) is 130 Å². The molecule has 2 aromatic carbocycles. The van der Waals surface area contributed by atoms with Crippen LogP contribution in [0.2, 0.25) is 0 Å². The van der Waals surface area contributed by atoms with E-state index in [0.29, 0.717) is 127 Å². The quantitative estimate of drug-likeness (QED) is 0.0518. The van der Waals surface area contributed by atoms with Gasteiger partial charge in [-0.3, -0.25) is 57.7 Å². The molecule has 16 nitrogen and oxygen atoms in total. The number of Topliss-reactive ketones (excluding diaryl/α,β-unsaturated/α-hetero) is 5. The number of piperidine rings is 2. The molecule has 0 aromatic heterocycles. The first-order valence-corrected chi connectivity index (χ1v) is 39.0. The summed E-state index contributed by atoms with van der Waals surface area (Å²) in [6.07, 6.45) is 20.8. The lowest BCUT2D eigenvalue weighted by Crippen LogP contribution is -2.45. The molecule has 2 aromatic rings. The molecule has 0 saturated carbocycles. The number of amides is 4. The van der Waals surface area contributed by atoms with E-state index in [4.69, 9.17) is 0 Å². The second-order valence-electron chi connectivity index (χ2n) is 32.6. The Bertz CT molecular complexity index is 3500. The predicted octanol–water partition coefficient (Wildman–Crippen LogP) is 13.8. The van der Waals surface area contributed by atoms with Gasteiger partial charge in [-0.2, -0.15) is 0 Å². The molecule has 2 aliphatic carbocycles. The number of rotatable bonds is 32. The number of carbonyl (C=O) groups is 10. The van der Waals surface area contributed by atoms with Crippen molar-refractivity contribution in [2.45, 2.75) is 231 Å². The molecular weight excluding hydrogens is 1290 g/mol. The van der Waals surface area contributed by atoms with E-state index in [2.05, 4.69) is 98.4 Å². The van der Waals surface area contributed by atoms with E-state index >= 15 is 0 Å². The fourth-order valence-electron chi connectivity index (χ4n) is 16.2. The molecule has 4 heterocycles. The van der Waals surface area contributed by atoms with Crippen LogP contribution in [-0.4, -0.2) is 154 Å². The van der Waals surface area contributed by atoms with Gasteiger partial charge in [-0.05, 0) is 231 Å². The fourth-order valence-corrected chi connectivity index (χ4v) is 16.2. The van der Waals surface area contributed by atoms with Crippen molar-refractivity contribution in [2.24, 2.45) is 59.2 Å². The maximum absolute atomic E-state index is 14.2. The number of benzene rings is 2. The van der Waals surface area contributed by atoms with Crippen molar-refractivity contribution in [3.63, 3.8) is 0 Å². The molecule has 0 bridgehead atoms. The van der Waals surface area contributed by atoms with Gasteiger partial charge in [0.05, 0.1) is 23.9 Å². The van der Waals surface area contributed by atoms with Crippen LogP contribution >= 0.6 is 0 Å². The summed E-state index contributed by atoms with van der Waals surface area (Å²) in [7, 11) is 0. The summed E-state index contributed by atoms with van der Waals surface area (Å²) in [5.41, 5.74) is 5.97. The lowest BCUT2D eigenvalue weighted by Gasteiger charge is -2.35. The minimum atomic E-state index is -0.517. The number of nitrogens with one attached hydrogen (secondary N) is 2. The SMILES string of the molecule is CC1=C(C)C(=O)C(CN2CCC(C[C@H](CC(=O)[C@@H]3CCCN3C(=O)[C@H](/C=C/[C@@H](C)CC(C)C)Cc3ccccc3)C(=O)NC(C)C)CC2)=C(C)C1=O.CC1=C(C)C(=O)C(CN2CCC(C[C@H](CC(=O)[C@@H]3CCCN3C(=O)[C@H](/C=C/[C@@H](C)CC(C)C)Cc3ccccc3)C(=O)NC(C)C)CC2)=CC1=O. The largest absolute Gasteiger partial charge is 0.354 e. The molecular formula is C87H124N6O10. The molecule has 4 fully saturated rings. The standard InChI is InChI=1S/C44H63N3O5.C43H61N3O5/c1-28(2)23-30(5)16-17-36(24-34-13-10-9-11-14-34)44(52)47-20-12-15-39(47)40(48)26-37(43(51)45-29(3)4)25-35-18-21-46(22-19-35)27-38-33(8)41(49)31(6)32(7)42(38)50;1-28(2)22-30(5)15-16-35(23-33-12-9-8-10-13-33)43(51)46-19-11-14-38(46)40(48)25-36(42(50)44-29(3)4)24-34-17-20-45(21-18-34)27-37-26-39(47)31(6)32(7)41(37)49/h9-11,13-14,16-17,28-30,35-37,39H,12,15,18-27H2,1-8H3,(H,45,51);8-10,12-13,15-16,26,28-30,34-36,38H,11,14,17-25,27H2,1-7H3,(H,44,50)/b17-16+;16-15+/t30-,36-,37-,39+;30-,35-,36-,38+/m11/s1. The average molecular weight is 1410 g/mol. The van der Waals surface area contributed by atoms with Gasteiger partial charge >= 0.3 is 0 Å². The highest BCUT2D eigenvalue weighted by Gasteiger charge is 2.42. The first-order chi connectivity index (χ1) is 48.9. The van der Waals surface area contributed by atoms with Crippen molar-refractivity contribution < 1.29 is 47.9 Å². The lowest BCUT2D eigenvalue weighted by atomic mass is 9.82. The number of nitrogens with zero attached hydrogens (tertiary/aromatic N) is 4. The lowest BCUT2D eigenvalue weighted by molar-refractivity contribution is -0.141. The molecule has 0 spiro atoms. The van der Waals surface area contributed by atoms with Gasteiger partial charge in [-0.15, -0.1) is 0 Å². The van der Waals surface area contributed by atoms with Crippen molar-refractivity contribution in [3.05, 3.63) is 141 Å². The molecule has 103 heavy (non-hydrogen) atoms. The van der Waals surface area contributed by atoms with Crippen molar-refractivity contribution in [2.75, 3.05) is 52.4 Å². The third-order valence-electron chi connectivity index (χ3n) is 22.2. The van der Waals surface area contributed by atoms with E-state index in [1.807, 2.05) is 76.2 Å². The van der Waals surface area contributed by atoms with Gasteiger partial charge in [-0.1, -0.05) is 127 Å². The second-order valence-corrected chi connectivity index (χ2v) is 32.6. The number of hydrogen-bond donors (Lipinski definition) is 2. The summed E-state index contributed by atoms with van der Waals surface area (Å²) in [6.45, 7) is 34.6. The smallest absolute Gasteiger partial charge is 0.230 e. The number of ketones is 6. The Morgan fingerprint density at radius 1 is 0.456 bits per heavy atom. The van der Waals surface area contributed by atoms with Crippen molar-refractivity contribution in [1.29, 1.82) is 0 Å². The van der Waals surface area contributed by atoms with Crippen LogP contribution in [0.4, 0.5) is 0 Å². The van der Waals surface area contributed by atoms with Gasteiger partial charge in [0.15, 0.2) is 34.7 Å². The van der Waals surface area contributed by atoms with E-state index in [1.54, 1.807) is 44.4 Å². The zero-order chi connectivity index (χ0) is 75.4. The minimum absolute atomic E-state index is 0.00685. The van der Waals surface area contributed by atoms with E-state index < -0.39 is 23.9 Å². The Morgan fingerprint density at radius 2 is 0.845 bits per heavy atom. The van der Waals surface area contributed by atoms with Crippen LogP contribution in [0.5, 0.6) is 0 Å². The van der Waals surface area contributed by atoms with Gasteiger partial charge in [0, 0.05) is 102 Å². The third-order valence-corrected chi connectivity index (χ3v) is 22.2. The van der Waals surface area contributed by atoms with Crippen LogP contribution in [0.25, 0.3) is 0 Å². The van der Waals surface area contributed by atoms with E-state index in [-0.39, 0.29) is 107 Å². The topological polar surface area (TPSA) is 208 Å². The molecule has 0 radical (unpaired) electrons. The van der Waals surface area contributed by atoms with Crippen LogP contribution in [0.1, 0.15) is 205 Å². The molecule has 4 aliphatic heterocycles. The highest BCUT2D eigenvalue weighted by Crippen LogP contribution is 2.35. The van der Waals surface area contributed by atoms with Gasteiger partial charge in [0.1, 0.15) is 0 Å². The average Bonchev–Trinajstić information content (AvgIpc) is 1.45. The minimum Gasteiger partial charge on any atom is -0.354 e. The monoisotopic (exact) mass is 1410 g/mol. The first kappa shape index (κ1) is 83.0. The Labute approximate surface area is 616 Å². The van der Waals surface area contributed by atoms with Crippen LogP contribution in [-0.2, 0) is 60.8 Å². The molecule has 0 unspecified atom stereocenters. The van der Waals surface area contributed by atoms with E-state index in [1.165, 1.54) is 6.08 Å². The molecule has 4 amide bonds. The molecule has 4 saturated heterocycles. The normalized spacial score (nSPS) is 21.1. The third kappa shape index (κ3) is 24.4. The fraction of sp³-hybridized carbons (Fsp3) is 0.609. The second kappa shape index (κ2) is 39.7. The Hall–Kier alpha value is -7.30. The molecule has 562 valence electrons. The van der Waals surface area contributed by atoms with Crippen molar-refractivity contribution >= 4 is 58.3 Å². The summed E-state index contributed by atoms with van der Waals surface area (Å²) in [6, 6.07) is 19.0. The van der Waals surface area contributed by atoms with Crippen molar-refractivity contribution in [3.8, 4) is 0 Å². The Kier molecular flexibility index (Phi) is 32.0. The first-order valence-electron chi connectivity index (χ1n) is 39.0. The number of allylic oxidation sites excluding steroid dienone is 8. The van der Waals surface area contributed by atoms with Crippen LogP contribution < -0.4 is 10.6 Å². The Morgan fingerprint density at radius 3 is 1.24 bits per heavy atom. The highest BCUT2D eigenvalue weighted by molar-refractivity contribution is 6.25. The summed E-state index contributed by atoms with van der Waals surface area (Å²) in [5, 5.41) is 6.12. The van der Waals surface area contributed by atoms with E-state index in [0.717, 1.165) is 88.7 Å². The maximum Gasteiger partial charge on any atom is 0.230 e. The van der Waals surface area contributed by atoms with Gasteiger partial charge in [-0.25, -0.2) is 0 Å². The summed E-state index contributed by atoms with van der Waals surface area (Å²) in [4.78, 5) is 143. The molecule has 6 aliphatic rings. The number of carbonyl (C=O) groups excluding carboxylic acids is 10. The summed E-state index contributed by atoms with van der Waals surface area (Å²) in [5.74, 6) is 0.162. The highest BCUT2D eigenvalue weighted by atomic mass is 16.2. The van der Waals surface area contributed by atoms with Gasteiger partial charge in [0.2, 0.25) is 23.6 Å². The van der Waals surface area contributed by atoms with Crippen LogP contribution in [0, 0.1) is 59.2 Å². The zero-order valence-electron chi connectivity index (χ0n) is 65.1. The summed E-state index contributed by atoms with van der Waals surface area (Å²) >= 11 is 0. The zero-order valence-corrected chi connectivity index (χ0v) is 65.1. The van der Waals surface area contributed by atoms with Crippen LogP contribution in [0.3, 0.4) is 0 Å². The molecule has 16 heteroatoms.